The Hall–Kier alpha value is -3.23. The van der Waals surface area contributed by atoms with E-state index < -0.39 is 6.10 Å². The summed E-state index contributed by atoms with van der Waals surface area (Å²) in [4.78, 5) is 21.3. The molecule has 8 heteroatoms. The maximum absolute atomic E-state index is 12.7. The number of aromatic nitrogens is 2. The van der Waals surface area contributed by atoms with Gasteiger partial charge in [-0.15, -0.1) is 0 Å². The average molecular weight is 423 g/mol. The first-order valence-corrected chi connectivity index (χ1v) is 10.1. The van der Waals surface area contributed by atoms with E-state index >= 15 is 0 Å². The van der Waals surface area contributed by atoms with Gasteiger partial charge in [0.15, 0.2) is 5.89 Å². The van der Waals surface area contributed by atoms with E-state index in [0.717, 1.165) is 22.4 Å². The number of carbonyl (C=O) groups excluding carboxylic acids is 1. The summed E-state index contributed by atoms with van der Waals surface area (Å²) in [5, 5.41) is 12.9. The summed E-state index contributed by atoms with van der Waals surface area (Å²) >= 11 is 0. The van der Waals surface area contributed by atoms with E-state index in [4.69, 9.17) is 13.9 Å². The highest BCUT2D eigenvalue weighted by Gasteiger charge is 2.26. The number of oxazole rings is 1. The van der Waals surface area contributed by atoms with Gasteiger partial charge in [0.05, 0.1) is 32.1 Å². The summed E-state index contributed by atoms with van der Waals surface area (Å²) in [7, 11) is 1.58. The van der Waals surface area contributed by atoms with Gasteiger partial charge < -0.3 is 24.3 Å². The van der Waals surface area contributed by atoms with Gasteiger partial charge in [-0.1, -0.05) is 24.3 Å². The number of carbonyl (C=O) groups is 1. The van der Waals surface area contributed by atoms with Gasteiger partial charge in [0.2, 0.25) is 0 Å². The van der Waals surface area contributed by atoms with E-state index in [-0.39, 0.29) is 24.2 Å². The number of rotatable bonds is 6. The first-order chi connectivity index (χ1) is 15.0. The van der Waals surface area contributed by atoms with E-state index in [1.165, 1.54) is 0 Å². The molecule has 2 unspecified atom stereocenters. The number of benzene rings is 1. The Bertz CT molecular complexity index is 1050. The lowest BCUT2D eigenvalue weighted by Crippen LogP contribution is -2.48. The molecule has 1 saturated heterocycles. The van der Waals surface area contributed by atoms with Crippen LogP contribution >= 0.6 is 0 Å². The van der Waals surface area contributed by atoms with Crippen LogP contribution in [0.2, 0.25) is 0 Å². The Balaban J connectivity index is 1.50. The van der Waals surface area contributed by atoms with Gasteiger partial charge in [0, 0.05) is 31.1 Å². The number of nitrogens with zero attached hydrogens (tertiary/aromatic N) is 2. The molecule has 3 heterocycles. The molecule has 162 valence electrons. The van der Waals surface area contributed by atoms with Gasteiger partial charge in [-0.05, 0) is 18.1 Å². The normalized spacial score (nSPS) is 18.5. The van der Waals surface area contributed by atoms with Crippen molar-refractivity contribution >= 4 is 5.91 Å². The molecule has 0 bridgehead atoms. The SMILES string of the molecule is COc1cnc(C(=O)NC2CCOCC2O)cc1Cc1ccc(-c2coc(C)n2)cc1. The summed E-state index contributed by atoms with van der Waals surface area (Å²) in [6.45, 7) is 2.54. The monoisotopic (exact) mass is 423 g/mol. The van der Waals surface area contributed by atoms with E-state index in [1.807, 2.05) is 31.2 Å². The molecule has 0 radical (unpaired) electrons. The van der Waals surface area contributed by atoms with Gasteiger partial charge in [0.25, 0.3) is 5.91 Å². The van der Waals surface area contributed by atoms with Crippen LogP contribution in [-0.2, 0) is 11.2 Å². The van der Waals surface area contributed by atoms with Crippen LogP contribution < -0.4 is 10.1 Å². The van der Waals surface area contributed by atoms with E-state index in [1.54, 1.807) is 25.6 Å². The van der Waals surface area contributed by atoms with Gasteiger partial charge >= 0.3 is 0 Å². The van der Waals surface area contributed by atoms with Crippen LogP contribution in [0.3, 0.4) is 0 Å². The largest absolute Gasteiger partial charge is 0.495 e. The van der Waals surface area contributed by atoms with Crippen molar-refractivity contribution < 1.29 is 23.8 Å². The first-order valence-electron chi connectivity index (χ1n) is 10.1. The molecule has 4 rings (SSSR count). The second kappa shape index (κ2) is 9.28. The Kier molecular flexibility index (Phi) is 6.29. The van der Waals surface area contributed by atoms with Gasteiger partial charge in [-0.3, -0.25) is 4.79 Å². The van der Waals surface area contributed by atoms with Crippen molar-refractivity contribution in [2.45, 2.75) is 31.9 Å². The fourth-order valence-electron chi connectivity index (χ4n) is 3.57. The first kappa shape index (κ1) is 21.0. The van der Waals surface area contributed by atoms with Crippen LogP contribution in [0.1, 0.15) is 33.9 Å². The Morgan fingerprint density at radius 3 is 2.81 bits per heavy atom. The molecule has 1 aliphatic heterocycles. The Morgan fingerprint density at radius 1 is 1.32 bits per heavy atom. The van der Waals surface area contributed by atoms with E-state index in [2.05, 4.69) is 15.3 Å². The van der Waals surface area contributed by atoms with Gasteiger partial charge in [0.1, 0.15) is 23.4 Å². The molecule has 0 aliphatic carbocycles. The number of hydrogen-bond donors (Lipinski definition) is 2. The lowest BCUT2D eigenvalue weighted by molar-refractivity contribution is -0.0261. The Labute approximate surface area is 180 Å². The molecular formula is C23H25N3O5. The Morgan fingerprint density at radius 2 is 2.13 bits per heavy atom. The number of aliphatic hydroxyl groups is 1. The molecule has 3 aromatic rings. The number of nitrogens with one attached hydrogen (secondary N) is 1. The molecule has 1 fully saturated rings. The zero-order chi connectivity index (χ0) is 21.8. The van der Waals surface area contributed by atoms with Crippen LogP contribution in [0.4, 0.5) is 0 Å². The van der Waals surface area contributed by atoms with E-state index in [0.29, 0.717) is 31.1 Å². The fourth-order valence-corrected chi connectivity index (χ4v) is 3.57. The zero-order valence-corrected chi connectivity index (χ0v) is 17.5. The third kappa shape index (κ3) is 4.92. The third-order valence-corrected chi connectivity index (χ3v) is 5.31. The molecule has 31 heavy (non-hydrogen) atoms. The summed E-state index contributed by atoms with van der Waals surface area (Å²) in [5.74, 6) is 0.908. The molecule has 2 atom stereocenters. The molecule has 1 amide bonds. The van der Waals surface area contributed by atoms with Crippen molar-refractivity contribution in [2.24, 2.45) is 0 Å². The smallest absolute Gasteiger partial charge is 0.270 e. The topological polar surface area (TPSA) is 107 Å². The highest BCUT2D eigenvalue weighted by molar-refractivity contribution is 5.92. The van der Waals surface area contributed by atoms with Crippen molar-refractivity contribution in [2.75, 3.05) is 20.3 Å². The van der Waals surface area contributed by atoms with Gasteiger partial charge in [-0.2, -0.15) is 0 Å². The van der Waals surface area contributed by atoms with Crippen LogP contribution in [0.25, 0.3) is 11.3 Å². The lowest BCUT2D eigenvalue weighted by atomic mass is 10.0. The highest BCUT2D eigenvalue weighted by Crippen LogP contribution is 2.24. The summed E-state index contributed by atoms with van der Waals surface area (Å²) in [6.07, 6.45) is 3.60. The minimum absolute atomic E-state index is 0.218. The molecule has 2 N–H and O–H groups in total. The van der Waals surface area contributed by atoms with Crippen LogP contribution in [0.15, 0.2) is 47.2 Å². The number of amides is 1. The van der Waals surface area contributed by atoms with Gasteiger partial charge in [-0.25, -0.2) is 9.97 Å². The summed E-state index contributed by atoms with van der Waals surface area (Å²) in [6, 6.07) is 9.38. The number of aliphatic hydroxyl groups excluding tert-OH is 1. The maximum Gasteiger partial charge on any atom is 0.270 e. The predicted octanol–water partition coefficient (Wildman–Crippen LogP) is 2.52. The second-order valence-electron chi connectivity index (χ2n) is 7.52. The van der Waals surface area contributed by atoms with Crippen molar-refractivity contribution in [1.82, 2.24) is 15.3 Å². The summed E-state index contributed by atoms with van der Waals surface area (Å²) < 4.78 is 15.9. The van der Waals surface area contributed by atoms with Crippen molar-refractivity contribution in [3.05, 3.63) is 65.5 Å². The average Bonchev–Trinajstić information content (AvgIpc) is 3.22. The van der Waals surface area contributed by atoms with Crippen LogP contribution in [0.5, 0.6) is 5.75 Å². The van der Waals surface area contributed by atoms with Crippen LogP contribution in [-0.4, -0.2) is 53.5 Å². The molecule has 1 aliphatic rings. The lowest BCUT2D eigenvalue weighted by Gasteiger charge is -2.28. The number of aryl methyl sites for hydroxylation is 1. The van der Waals surface area contributed by atoms with Crippen molar-refractivity contribution in [1.29, 1.82) is 0 Å². The maximum atomic E-state index is 12.7. The molecule has 8 nitrogen and oxygen atoms in total. The molecule has 0 saturated carbocycles. The number of pyridine rings is 1. The van der Waals surface area contributed by atoms with Crippen molar-refractivity contribution in [3.8, 4) is 17.0 Å². The van der Waals surface area contributed by atoms with Crippen molar-refractivity contribution in [3.63, 3.8) is 0 Å². The number of methoxy groups -OCH3 is 1. The standard InChI is InChI=1S/C23H25N3O5/c1-14-25-20(12-31-14)16-5-3-15(4-6-16)9-17-10-19(24-11-22(17)29-2)23(28)26-18-7-8-30-13-21(18)27/h3-6,10-12,18,21,27H,7-9,13H2,1-2H3,(H,26,28). The highest BCUT2D eigenvalue weighted by atomic mass is 16.5. The van der Waals surface area contributed by atoms with E-state index in [9.17, 15) is 9.90 Å². The quantitative estimate of drug-likeness (QED) is 0.627. The number of ether oxygens (including phenoxy) is 2. The molecular weight excluding hydrogens is 398 g/mol. The zero-order valence-electron chi connectivity index (χ0n) is 17.5. The minimum atomic E-state index is -0.720. The molecule has 0 spiro atoms. The minimum Gasteiger partial charge on any atom is -0.495 e. The second-order valence-corrected chi connectivity index (χ2v) is 7.52. The van der Waals surface area contributed by atoms with Crippen LogP contribution in [0, 0.1) is 6.92 Å². The molecule has 1 aromatic carbocycles. The molecule has 2 aromatic heterocycles. The number of hydrogen-bond acceptors (Lipinski definition) is 7. The summed E-state index contributed by atoms with van der Waals surface area (Å²) in [5.41, 5.74) is 3.95. The predicted molar refractivity (Wildman–Crippen MR) is 113 cm³/mol. The fraction of sp³-hybridized carbons (Fsp3) is 0.348. The third-order valence-electron chi connectivity index (χ3n) is 5.31.